The number of thiophene rings is 1. The maximum Gasteiger partial charge on any atom is 0.341 e. The molecular formula is C25H26Cl2N4O4S2. The largest absolute Gasteiger partial charge is 0.481 e. The molecule has 1 aliphatic rings. The van der Waals surface area contributed by atoms with Crippen LogP contribution in [0.25, 0.3) is 0 Å². The number of esters is 1. The number of nitrogens with one attached hydrogen (secondary N) is 1. The predicted molar refractivity (Wildman–Crippen MR) is 147 cm³/mol. The number of allylic oxidation sites excluding steroid dienone is 1. The Morgan fingerprint density at radius 1 is 1.32 bits per heavy atom. The third-order valence-corrected chi connectivity index (χ3v) is 8.31. The van der Waals surface area contributed by atoms with E-state index in [-0.39, 0.29) is 18.3 Å². The first-order chi connectivity index (χ1) is 17.8. The molecule has 37 heavy (non-hydrogen) atoms. The van der Waals surface area contributed by atoms with E-state index in [2.05, 4.69) is 22.1 Å². The van der Waals surface area contributed by atoms with Crippen LogP contribution in [-0.4, -0.2) is 39.0 Å². The third-order valence-electron chi connectivity index (χ3n) is 5.60. The van der Waals surface area contributed by atoms with E-state index in [0.717, 1.165) is 29.7 Å². The Hall–Kier alpha value is -2.53. The summed E-state index contributed by atoms with van der Waals surface area (Å²) in [5.74, 6) is 0.476. The number of carbonyl (C=O) groups excluding carboxylic acids is 2. The molecular weight excluding hydrogens is 555 g/mol. The number of rotatable bonds is 11. The van der Waals surface area contributed by atoms with Crippen molar-refractivity contribution in [3.8, 4) is 5.75 Å². The van der Waals surface area contributed by atoms with Crippen molar-refractivity contribution in [3.63, 3.8) is 0 Å². The lowest BCUT2D eigenvalue weighted by molar-refractivity contribution is -0.113. The van der Waals surface area contributed by atoms with Gasteiger partial charge in [-0.1, -0.05) is 41.0 Å². The first-order valence-electron chi connectivity index (χ1n) is 11.7. The van der Waals surface area contributed by atoms with Crippen LogP contribution in [0.3, 0.4) is 0 Å². The Bertz CT molecular complexity index is 1320. The second kappa shape index (κ2) is 12.3. The van der Waals surface area contributed by atoms with Crippen molar-refractivity contribution in [1.82, 2.24) is 14.8 Å². The summed E-state index contributed by atoms with van der Waals surface area (Å²) in [5.41, 5.74) is 1.48. The number of aryl methyl sites for hydroxylation is 1. The molecule has 1 unspecified atom stereocenters. The molecule has 12 heteroatoms. The van der Waals surface area contributed by atoms with Gasteiger partial charge in [-0.2, -0.15) is 0 Å². The fourth-order valence-electron chi connectivity index (χ4n) is 4.03. The Labute approximate surface area is 233 Å². The first-order valence-corrected chi connectivity index (χ1v) is 14.3. The number of hydrogen-bond donors (Lipinski definition) is 1. The topological polar surface area (TPSA) is 95.3 Å². The summed E-state index contributed by atoms with van der Waals surface area (Å²) >= 11 is 14.9. The molecule has 8 nitrogen and oxygen atoms in total. The summed E-state index contributed by atoms with van der Waals surface area (Å²) in [6, 6.07) is 5.00. The molecule has 1 aromatic carbocycles. The van der Waals surface area contributed by atoms with Gasteiger partial charge in [0.2, 0.25) is 5.91 Å². The van der Waals surface area contributed by atoms with Gasteiger partial charge in [0.25, 0.3) is 0 Å². The summed E-state index contributed by atoms with van der Waals surface area (Å²) in [5, 5.41) is 13.5. The minimum atomic E-state index is -0.477. The van der Waals surface area contributed by atoms with Crippen molar-refractivity contribution in [1.29, 1.82) is 0 Å². The highest BCUT2D eigenvalue weighted by Crippen LogP contribution is 2.39. The third kappa shape index (κ3) is 6.31. The van der Waals surface area contributed by atoms with E-state index in [1.165, 1.54) is 23.1 Å². The average molecular weight is 582 g/mol. The van der Waals surface area contributed by atoms with Gasteiger partial charge < -0.3 is 14.8 Å². The van der Waals surface area contributed by atoms with E-state index in [1.54, 1.807) is 31.2 Å². The number of thioether (sulfide) groups is 1. The minimum absolute atomic E-state index is 0.0817. The zero-order valence-electron chi connectivity index (χ0n) is 20.4. The monoisotopic (exact) mass is 580 g/mol. The Balaban J connectivity index is 1.45. The molecule has 1 amide bonds. The maximum atomic E-state index is 12.9. The van der Waals surface area contributed by atoms with Crippen LogP contribution in [0.5, 0.6) is 5.75 Å². The van der Waals surface area contributed by atoms with Crippen molar-refractivity contribution in [2.45, 2.75) is 50.9 Å². The van der Waals surface area contributed by atoms with Gasteiger partial charge in [0.15, 0.2) is 17.1 Å². The number of fused-ring (bicyclic) bond motifs is 1. The van der Waals surface area contributed by atoms with Crippen molar-refractivity contribution in [2.24, 2.45) is 0 Å². The van der Waals surface area contributed by atoms with Crippen LogP contribution in [0.15, 0.2) is 36.0 Å². The van der Waals surface area contributed by atoms with E-state index in [4.69, 9.17) is 32.7 Å². The van der Waals surface area contributed by atoms with Gasteiger partial charge in [-0.25, -0.2) is 4.79 Å². The van der Waals surface area contributed by atoms with Crippen LogP contribution >= 0.6 is 46.3 Å². The van der Waals surface area contributed by atoms with Gasteiger partial charge in [0.05, 0.1) is 22.9 Å². The zero-order chi connectivity index (χ0) is 26.5. The molecule has 0 radical (unpaired) electrons. The van der Waals surface area contributed by atoms with Crippen molar-refractivity contribution in [2.75, 3.05) is 17.7 Å². The highest BCUT2D eigenvalue weighted by atomic mass is 35.5. The Morgan fingerprint density at radius 2 is 2.14 bits per heavy atom. The second-order valence-corrected chi connectivity index (χ2v) is 11.1. The van der Waals surface area contributed by atoms with E-state index in [9.17, 15) is 9.59 Å². The van der Waals surface area contributed by atoms with E-state index in [0.29, 0.717) is 43.9 Å². The van der Waals surface area contributed by atoms with Crippen LogP contribution in [0.2, 0.25) is 10.0 Å². The lowest BCUT2D eigenvalue weighted by Crippen LogP contribution is -2.17. The molecule has 196 valence electrons. The molecule has 4 rings (SSSR count). The molecule has 0 aliphatic heterocycles. The fourth-order valence-corrected chi connectivity index (χ4v) is 6.53. The highest BCUT2D eigenvalue weighted by Gasteiger charge is 2.28. The number of aromatic nitrogens is 3. The fraction of sp³-hybridized carbons (Fsp3) is 0.360. The molecule has 2 aromatic heterocycles. The molecule has 3 aromatic rings. The van der Waals surface area contributed by atoms with Crippen LogP contribution in [0.1, 0.15) is 53.0 Å². The standard InChI is InChI=1S/C25H26Cl2N4O4S2/c1-4-11-31-22(14(3)35-18-10-9-15(26)12-17(18)27)29-30-25(31)36-13-20(32)28-23-21(24(33)34-5-2)16-7-6-8-19(16)37-23/h4,9-10,12,14H,1,5-8,11,13H2,2-3H3,(H,28,32). The molecule has 1 N–H and O–H groups in total. The van der Waals surface area contributed by atoms with Crippen molar-refractivity contribution >= 4 is 63.2 Å². The number of ether oxygens (including phenoxy) is 2. The van der Waals surface area contributed by atoms with E-state index >= 15 is 0 Å². The molecule has 0 saturated carbocycles. The van der Waals surface area contributed by atoms with Crippen LogP contribution in [0.4, 0.5) is 5.00 Å². The Morgan fingerprint density at radius 3 is 2.86 bits per heavy atom. The number of halogens is 2. The van der Waals surface area contributed by atoms with Crippen LogP contribution in [0, 0.1) is 0 Å². The number of benzene rings is 1. The number of amides is 1. The first kappa shape index (κ1) is 27.5. The molecule has 0 bridgehead atoms. The molecule has 0 saturated heterocycles. The highest BCUT2D eigenvalue weighted by molar-refractivity contribution is 7.99. The normalized spacial score (nSPS) is 13.2. The van der Waals surface area contributed by atoms with E-state index < -0.39 is 12.1 Å². The van der Waals surface area contributed by atoms with Gasteiger partial charge in [-0.15, -0.1) is 28.1 Å². The number of anilines is 1. The SMILES string of the molecule is C=CCn1c(SCC(=O)Nc2sc3c(c2C(=O)OCC)CCC3)nnc1C(C)Oc1ccc(Cl)cc1Cl. The molecule has 2 heterocycles. The number of hydrogen-bond acceptors (Lipinski definition) is 8. The quantitative estimate of drug-likeness (QED) is 0.160. The van der Waals surface area contributed by atoms with Crippen molar-refractivity contribution < 1.29 is 19.1 Å². The minimum Gasteiger partial charge on any atom is -0.481 e. The number of nitrogens with zero attached hydrogens (tertiary/aromatic N) is 3. The molecule has 1 atom stereocenters. The van der Waals surface area contributed by atoms with E-state index in [1.807, 2.05) is 11.5 Å². The van der Waals surface area contributed by atoms with Gasteiger partial charge in [0, 0.05) is 16.4 Å². The molecule has 0 spiro atoms. The summed E-state index contributed by atoms with van der Waals surface area (Å²) in [4.78, 5) is 26.6. The van der Waals surface area contributed by atoms with Gasteiger partial charge in [-0.3, -0.25) is 9.36 Å². The predicted octanol–water partition coefficient (Wildman–Crippen LogP) is 6.37. The maximum absolute atomic E-state index is 12.9. The Kier molecular flexibility index (Phi) is 9.17. The number of carbonyl (C=O) groups is 2. The summed E-state index contributed by atoms with van der Waals surface area (Å²) in [6.45, 7) is 8.13. The van der Waals surface area contributed by atoms with Crippen LogP contribution in [-0.2, 0) is 28.9 Å². The average Bonchev–Trinajstić information content (AvgIpc) is 3.54. The summed E-state index contributed by atoms with van der Waals surface area (Å²) in [6.07, 6.45) is 3.98. The van der Waals surface area contributed by atoms with Gasteiger partial charge >= 0.3 is 5.97 Å². The lowest BCUT2D eigenvalue weighted by Gasteiger charge is -2.16. The van der Waals surface area contributed by atoms with Crippen LogP contribution < -0.4 is 10.1 Å². The second-order valence-electron chi connectivity index (χ2n) is 8.19. The zero-order valence-corrected chi connectivity index (χ0v) is 23.5. The summed E-state index contributed by atoms with van der Waals surface area (Å²) < 4.78 is 13.1. The van der Waals surface area contributed by atoms with Gasteiger partial charge in [0.1, 0.15) is 10.8 Å². The smallest absolute Gasteiger partial charge is 0.341 e. The van der Waals surface area contributed by atoms with Crippen molar-refractivity contribution in [3.05, 3.63) is 62.7 Å². The lowest BCUT2D eigenvalue weighted by atomic mass is 10.1. The molecule has 0 fully saturated rings. The summed E-state index contributed by atoms with van der Waals surface area (Å²) in [7, 11) is 0. The van der Waals surface area contributed by atoms with Gasteiger partial charge in [-0.05, 0) is 56.9 Å². The molecule has 1 aliphatic carbocycles.